The molecule has 0 fully saturated rings. The molecule has 90 valence electrons. The molecule has 2 N–H and O–H groups in total. The smallest absolute Gasteiger partial charge is 0.142 e. The first-order chi connectivity index (χ1) is 8.13. The molecular weight excluding hydrogens is 285 g/mol. The molecular formula is C13H13BrFNO. The molecule has 1 heterocycles. The van der Waals surface area contributed by atoms with Crippen molar-refractivity contribution in [2.24, 2.45) is 5.73 Å². The van der Waals surface area contributed by atoms with Gasteiger partial charge >= 0.3 is 0 Å². The van der Waals surface area contributed by atoms with Crippen molar-refractivity contribution in [3.05, 3.63) is 57.7 Å². The molecule has 0 aliphatic rings. The third-order valence-electron chi connectivity index (χ3n) is 2.65. The van der Waals surface area contributed by atoms with E-state index in [2.05, 4.69) is 15.9 Å². The number of hydrogen-bond acceptors (Lipinski definition) is 2. The van der Waals surface area contributed by atoms with Crippen molar-refractivity contribution in [1.82, 2.24) is 0 Å². The standard InChI is InChI=1S/C13H13BrFNO/c1-2-8-6-7-11(17-8)13(16)9-4-3-5-10(14)12(9)15/h3-7,13H,2,16H2,1H3. The van der Waals surface area contributed by atoms with Crippen molar-refractivity contribution in [3.63, 3.8) is 0 Å². The molecule has 0 radical (unpaired) electrons. The van der Waals surface area contributed by atoms with Gasteiger partial charge in [0.05, 0.1) is 10.5 Å². The Morgan fingerprint density at radius 3 is 2.76 bits per heavy atom. The number of furan rings is 1. The normalized spacial score (nSPS) is 12.7. The van der Waals surface area contributed by atoms with Crippen LogP contribution in [0.15, 0.2) is 39.2 Å². The molecule has 1 aromatic heterocycles. The highest BCUT2D eigenvalue weighted by Gasteiger charge is 2.18. The van der Waals surface area contributed by atoms with Crippen LogP contribution >= 0.6 is 15.9 Å². The Hall–Kier alpha value is -1.13. The fraction of sp³-hybridized carbons (Fsp3) is 0.231. The van der Waals surface area contributed by atoms with Gasteiger partial charge in [-0.3, -0.25) is 0 Å². The summed E-state index contributed by atoms with van der Waals surface area (Å²) in [5.74, 6) is 1.10. The van der Waals surface area contributed by atoms with E-state index in [1.165, 1.54) is 0 Å². The van der Waals surface area contributed by atoms with E-state index >= 15 is 0 Å². The maximum absolute atomic E-state index is 13.9. The summed E-state index contributed by atoms with van der Waals surface area (Å²) in [6, 6.07) is 8.15. The Bertz CT molecular complexity index is 524. The van der Waals surface area contributed by atoms with Crippen LogP contribution in [0, 0.1) is 5.82 Å². The van der Waals surface area contributed by atoms with Gasteiger partial charge in [0.2, 0.25) is 0 Å². The Morgan fingerprint density at radius 1 is 1.35 bits per heavy atom. The van der Waals surface area contributed by atoms with Crippen molar-refractivity contribution in [2.45, 2.75) is 19.4 Å². The van der Waals surface area contributed by atoms with E-state index in [9.17, 15) is 4.39 Å². The summed E-state index contributed by atoms with van der Waals surface area (Å²) in [7, 11) is 0. The zero-order chi connectivity index (χ0) is 12.4. The molecule has 0 aliphatic carbocycles. The quantitative estimate of drug-likeness (QED) is 0.936. The largest absolute Gasteiger partial charge is 0.464 e. The van der Waals surface area contributed by atoms with E-state index < -0.39 is 6.04 Å². The second kappa shape index (κ2) is 5.02. The highest BCUT2D eigenvalue weighted by atomic mass is 79.9. The summed E-state index contributed by atoms with van der Waals surface area (Å²) < 4.78 is 19.8. The molecule has 0 bridgehead atoms. The SMILES string of the molecule is CCc1ccc(C(N)c2cccc(Br)c2F)o1. The van der Waals surface area contributed by atoms with Crippen LogP contribution in [0.4, 0.5) is 4.39 Å². The van der Waals surface area contributed by atoms with Crippen LogP contribution in [0.25, 0.3) is 0 Å². The molecule has 0 saturated carbocycles. The highest BCUT2D eigenvalue weighted by Crippen LogP contribution is 2.27. The Morgan fingerprint density at radius 2 is 2.12 bits per heavy atom. The maximum Gasteiger partial charge on any atom is 0.142 e. The van der Waals surface area contributed by atoms with E-state index in [1.807, 2.05) is 13.0 Å². The predicted octanol–water partition coefficient (Wildman–Crippen LogP) is 3.79. The molecule has 2 rings (SSSR count). The zero-order valence-electron chi connectivity index (χ0n) is 9.41. The molecule has 1 unspecified atom stereocenters. The third-order valence-corrected chi connectivity index (χ3v) is 3.27. The summed E-state index contributed by atoms with van der Waals surface area (Å²) in [6.45, 7) is 1.99. The zero-order valence-corrected chi connectivity index (χ0v) is 11.0. The van der Waals surface area contributed by atoms with Gasteiger partial charge in [-0.25, -0.2) is 4.39 Å². The molecule has 0 aliphatic heterocycles. The van der Waals surface area contributed by atoms with Crippen molar-refractivity contribution in [3.8, 4) is 0 Å². The summed E-state index contributed by atoms with van der Waals surface area (Å²) in [4.78, 5) is 0. The molecule has 2 aromatic rings. The van der Waals surface area contributed by atoms with Crippen LogP contribution in [0.5, 0.6) is 0 Å². The van der Waals surface area contributed by atoms with Crippen LogP contribution in [-0.4, -0.2) is 0 Å². The molecule has 1 aromatic carbocycles. The van der Waals surface area contributed by atoms with Crippen LogP contribution in [0.3, 0.4) is 0 Å². The lowest BCUT2D eigenvalue weighted by molar-refractivity contribution is 0.448. The van der Waals surface area contributed by atoms with Gasteiger partial charge in [-0.1, -0.05) is 19.1 Å². The summed E-state index contributed by atoms with van der Waals surface area (Å²) in [5.41, 5.74) is 6.43. The molecule has 2 nitrogen and oxygen atoms in total. The van der Waals surface area contributed by atoms with Crippen molar-refractivity contribution in [2.75, 3.05) is 0 Å². The van der Waals surface area contributed by atoms with Gasteiger partial charge < -0.3 is 10.2 Å². The fourth-order valence-electron chi connectivity index (χ4n) is 1.67. The number of aryl methyl sites for hydroxylation is 1. The van der Waals surface area contributed by atoms with Crippen LogP contribution in [-0.2, 0) is 6.42 Å². The monoisotopic (exact) mass is 297 g/mol. The third kappa shape index (κ3) is 2.42. The van der Waals surface area contributed by atoms with Crippen molar-refractivity contribution in [1.29, 1.82) is 0 Å². The fourth-order valence-corrected chi connectivity index (χ4v) is 2.05. The van der Waals surface area contributed by atoms with Gasteiger partial charge in [-0.05, 0) is 34.1 Å². The number of rotatable bonds is 3. The van der Waals surface area contributed by atoms with E-state index in [0.29, 0.717) is 15.8 Å². The first-order valence-electron chi connectivity index (χ1n) is 5.41. The Balaban J connectivity index is 2.36. The molecule has 1 atom stereocenters. The molecule has 0 saturated heterocycles. The van der Waals surface area contributed by atoms with Crippen LogP contribution in [0.2, 0.25) is 0 Å². The second-order valence-corrected chi connectivity index (χ2v) is 4.63. The van der Waals surface area contributed by atoms with Gasteiger partial charge in [0.25, 0.3) is 0 Å². The Kier molecular flexibility index (Phi) is 3.64. The highest BCUT2D eigenvalue weighted by molar-refractivity contribution is 9.10. The minimum atomic E-state index is -0.576. The van der Waals surface area contributed by atoms with E-state index in [4.69, 9.17) is 10.2 Å². The average Bonchev–Trinajstić information content (AvgIpc) is 2.80. The number of benzene rings is 1. The minimum absolute atomic E-state index is 0.338. The van der Waals surface area contributed by atoms with Gasteiger partial charge in [-0.2, -0.15) is 0 Å². The summed E-state index contributed by atoms with van der Waals surface area (Å²) >= 11 is 3.14. The Labute approximate surface area is 108 Å². The minimum Gasteiger partial charge on any atom is -0.464 e. The molecule has 4 heteroatoms. The van der Waals surface area contributed by atoms with Crippen LogP contribution < -0.4 is 5.73 Å². The summed E-state index contributed by atoms with van der Waals surface area (Å²) in [6.07, 6.45) is 0.799. The first-order valence-corrected chi connectivity index (χ1v) is 6.21. The van der Waals surface area contributed by atoms with Gasteiger partial charge in [0, 0.05) is 12.0 Å². The lowest BCUT2D eigenvalue weighted by Gasteiger charge is -2.11. The second-order valence-electron chi connectivity index (χ2n) is 3.78. The topological polar surface area (TPSA) is 39.2 Å². The van der Waals surface area contributed by atoms with E-state index in [-0.39, 0.29) is 5.82 Å². The average molecular weight is 298 g/mol. The van der Waals surface area contributed by atoms with Crippen molar-refractivity contribution >= 4 is 15.9 Å². The van der Waals surface area contributed by atoms with E-state index in [0.717, 1.165) is 12.2 Å². The van der Waals surface area contributed by atoms with Gasteiger partial charge in [0.1, 0.15) is 17.3 Å². The predicted molar refractivity (Wildman–Crippen MR) is 68.2 cm³/mol. The van der Waals surface area contributed by atoms with Gasteiger partial charge in [0.15, 0.2) is 0 Å². The number of halogens is 2. The number of nitrogens with two attached hydrogens (primary N) is 1. The lowest BCUT2D eigenvalue weighted by atomic mass is 10.1. The van der Waals surface area contributed by atoms with Crippen molar-refractivity contribution < 1.29 is 8.81 Å². The summed E-state index contributed by atoms with van der Waals surface area (Å²) in [5, 5.41) is 0. The van der Waals surface area contributed by atoms with Crippen LogP contribution in [0.1, 0.15) is 30.0 Å². The maximum atomic E-state index is 13.9. The molecule has 17 heavy (non-hydrogen) atoms. The lowest BCUT2D eigenvalue weighted by Crippen LogP contribution is -2.13. The molecule has 0 spiro atoms. The first kappa shape index (κ1) is 12.3. The van der Waals surface area contributed by atoms with E-state index in [1.54, 1.807) is 24.3 Å². The molecule has 0 amide bonds. The number of hydrogen-bond donors (Lipinski definition) is 1. The van der Waals surface area contributed by atoms with Gasteiger partial charge in [-0.15, -0.1) is 0 Å².